The molecule has 1 unspecified atom stereocenters. The van der Waals surface area contributed by atoms with E-state index in [0.717, 1.165) is 13.0 Å². The van der Waals surface area contributed by atoms with E-state index in [2.05, 4.69) is 55.3 Å². The highest BCUT2D eigenvalue weighted by Gasteiger charge is 2.59. The van der Waals surface area contributed by atoms with Crippen LogP contribution in [0.15, 0.2) is 24.3 Å². The summed E-state index contributed by atoms with van der Waals surface area (Å²) in [5, 5.41) is 3.25. The van der Waals surface area contributed by atoms with Crippen molar-refractivity contribution in [3.63, 3.8) is 0 Å². The van der Waals surface area contributed by atoms with E-state index >= 15 is 0 Å². The lowest BCUT2D eigenvalue weighted by Crippen LogP contribution is -2.62. The predicted molar refractivity (Wildman–Crippen MR) is 72.6 cm³/mol. The molecule has 1 atom stereocenters. The highest BCUT2D eigenvalue weighted by atomic mass is 16.2. The van der Waals surface area contributed by atoms with Gasteiger partial charge >= 0.3 is 0 Å². The van der Waals surface area contributed by atoms with Gasteiger partial charge in [0.25, 0.3) is 0 Å². The van der Waals surface area contributed by atoms with Gasteiger partial charge in [0.15, 0.2) is 0 Å². The van der Waals surface area contributed by atoms with Crippen LogP contribution < -0.4 is 10.2 Å². The van der Waals surface area contributed by atoms with Crippen LogP contribution in [-0.2, 0) is 10.2 Å². The molecule has 1 aromatic carbocycles. The van der Waals surface area contributed by atoms with E-state index in [4.69, 9.17) is 0 Å². The Balaban J connectivity index is 2.20. The maximum absolute atomic E-state index is 11.8. The Labute approximate surface area is 108 Å². The van der Waals surface area contributed by atoms with E-state index in [-0.39, 0.29) is 17.0 Å². The number of fused-ring (bicyclic) bond motifs is 1. The smallest absolute Gasteiger partial charge is 0.221 e. The topological polar surface area (TPSA) is 32.3 Å². The molecule has 3 rings (SSSR count). The van der Waals surface area contributed by atoms with Crippen molar-refractivity contribution >= 4 is 11.6 Å². The molecule has 1 amide bonds. The molecule has 1 aromatic rings. The van der Waals surface area contributed by atoms with Crippen molar-refractivity contribution < 1.29 is 4.79 Å². The number of para-hydroxylation sites is 1. The van der Waals surface area contributed by atoms with Gasteiger partial charge in [0.05, 0.1) is 0 Å². The molecule has 2 aliphatic heterocycles. The second-order valence-corrected chi connectivity index (χ2v) is 5.79. The molecule has 0 bridgehead atoms. The lowest BCUT2D eigenvalue weighted by atomic mass is 9.75. The number of carbonyl (C=O) groups is 1. The van der Waals surface area contributed by atoms with Gasteiger partial charge in [-0.05, 0) is 25.0 Å². The number of rotatable bonds is 1. The van der Waals surface area contributed by atoms with E-state index in [1.165, 1.54) is 11.3 Å². The minimum Gasteiger partial charge on any atom is -0.348 e. The van der Waals surface area contributed by atoms with Crippen molar-refractivity contribution in [3.05, 3.63) is 29.8 Å². The Morgan fingerprint density at radius 2 is 2.06 bits per heavy atom. The summed E-state index contributed by atoms with van der Waals surface area (Å²) < 4.78 is 0. The summed E-state index contributed by atoms with van der Waals surface area (Å²) >= 11 is 0. The molecule has 18 heavy (non-hydrogen) atoms. The molecule has 1 N–H and O–H groups in total. The van der Waals surface area contributed by atoms with Crippen LogP contribution in [0.5, 0.6) is 0 Å². The Hall–Kier alpha value is -1.51. The highest BCUT2D eigenvalue weighted by Crippen LogP contribution is 2.53. The van der Waals surface area contributed by atoms with Gasteiger partial charge in [0.2, 0.25) is 5.91 Å². The van der Waals surface area contributed by atoms with E-state index in [1.807, 2.05) is 0 Å². The van der Waals surface area contributed by atoms with Crippen molar-refractivity contribution in [2.45, 2.75) is 44.7 Å². The molecule has 1 fully saturated rings. The first kappa shape index (κ1) is 11.6. The Morgan fingerprint density at radius 1 is 1.33 bits per heavy atom. The fourth-order valence-corrected chi connectivity index (χ4v) is 3.76. The van der Waals surface area contributed by atoms with Crippen molar-refractivity contribution in [2.24, 2.45) is 0 Å². The monoisotopic (exact) mass is 244 g/mol. The van der Waals surface area contributed by atoms with Crippen LogP contribution in [0.2, 0.25) is 0 Å². The van der Waals surface area contributed by atoms with Crippen molar-refractivity contribution in [2.75, 3.05) is 11.4 Å². The summed E-state index contributed by atoms with van der Waals surface area (Å²) in [6.45, 7) is 7.56. The summed E-state index contributed by atoms with van der Waals surface area (Å²) in [6.07, 6.45) is 1.52. The average Bonchev–Trinajstić information content (AvgIpc) is 2.81. The van der Waals surface area contributed by atoms with Gasteiger partial charge in [0, 0.05) is 24.1 Å². The Morgan fingerprint density at radius 3 is 2.67 bits per heavy atom. The third-order valence-electron chi connectivity index (χ3n) is 4.74. The first-order chi connectivity index (χ1) is 8.53. The van der Waals surface area contributed by atoms with Crippen molar-refractivity contribution in [3.8, 4) is 0 Å². The van der Waals surface area contributed by atoms with Crippen LogP contribution in [0.4, 0.5) is 5.69 Å². The van der Waals surface area contributed by atoms with Gasteiger partial charge in [-0.25, -0.2) is 0 Å². The van der Waals surface area contributed by atoms with Crippen LogP contribution in [0.1, 0.15) is 39.2 Å². The van der Waals surface area contributed by atoms with Gasteiger partial charge in [-0.1, -0.05) is 32.0 Å². The zero-order valence-electron chi connectivity index (χ0n) is 11.3. The van der Waals surface area contributed by atoms with Gasteiger partial charge in [-0.15, -0.1) is 0 Å². The largest absolute Gasteiger partial charge is 0.348 e. The van der Waals surface area contributed by atoms with E-state index in [1.54, 1.807) is 0 Å². The summed E-state index contributed by atoms with van der Waals surface area (Å²) in [6, 6.07) is 8.52. The molecular formula is C15H20N2O. The fourth-order valence-electron chi connectivity index (χ4n) is 3.76. The number of hydrogen-bond acceptors (Lipinski definition) is 2. The van der Waals surface area contributed by atoms with Gasteiger partial charge in [0.1, 0.15) is 5.66 Å². The number of nitrogens with zero attached hydrogens (tertiary/aromatic N) is 1. The normalized spacial score (nSPS) is 28.6. The summed E-state index contributed by atoms with van der Waals surface area (Å²) in [5.74, 6) is 0.175. The lowest BCUT2D eigenvalue weighted by molar-refractivity contribution is -0.120. The number of amides is 1. The molecule has 1 spiro atoms. The van der Waals surface area contributed by atoms with E-state index < -0.39 is 0 Å². The number of likely N-dealkylation sites (N-methyl/N-ethyl adjacent to an activating group) is 1. The standard InChI is InChI=1S/C15H20N2O/c1-4-17-12-8-6-5-7-11(12)14(2,3)15(17)10-9-13(18)16-15/h5-8H,4,9-10H2,1-3H3,(H,16,18). The van der Waals surface area contributed by atoms with E-state index in [0.29, 0.717) is 6.42 Å². The second kappa shape index (κ2) is 3.50. The van der Waals surface area contributed by atoms with Crippen LogP contribution in [0, 0.1) is 0 Å². The molecule has 2 aliphatic rings. The molecule has 2 heterocycles. The number of carbonyl (C=O) groups excluding carboxylic acids is 1. The van der Waals surface area contributed by atoms with Crippen molar-refractivity contribution in [1.82, 2.24) is 5.32 Å². The van der Waals surface area contributed by atoms with Gasteiger partial charge in [-0.3, -0.25) is 4.79 Å². The molecule has 0 saturated carbocycles. The Kier molecular flexibility index (Phi) is 2.25. The molecule has 96 valence electrons. The third-order valence-corrected chi connectivity index (χ3v) is 4.74. The number of hydrogen-bond donors (Lipinski definition) is 1. The Bertz CT molecular complexity index is 509. The van der Waals surface area contributed by atoms with Crippen LogP contribution in [0.3, 0.4) is 0 Å². The van der Waals surface area contributed by atoms with Crippen molar-refractivity contribution in [1.29, 1.82) is 0 Å². The molecule has 0 aromatic heterocycles. The zero-order valence-corrected chi connectivity index (χ0v) is 11.3. The molecule has 3 nitrogen and oxygen atoms in total. The maximum atomic E-state index is 11.8. The highest BCUT2D eigenvalue weighted by molar-refractivity contribution is 5.83. The fraction of sp³-hybridized carbons (Fsp3) is 0.533. The molecular weight excluding hydrogens is 224 g/mol. The predicted octanol–water partition coefficient (Wildman–Crippen LogP) is 2.41. The number of nitrogens with one attached hydrogen (secondary N) is 1. The SMILES string of the molecule is CCN1c2ccccc2C(C)(C)C12CCC(=O)N2. The third kappa shape index (κ3) is 1.17. The summed E-state index contributed by atoms with van der Waals surface area (Å²) in [7, 11) is 0. The summed E-state index contributed by atoms with van der Waals surface area (Å²) in [5.41, 5.74) is 2.33. The second-order valence-electron chi connectivity index (χ2n) is 5.79. The minimum atomic E-state index is -0.234. The maximum Gasteiger partial charge on any atom is 0.221 e. The van der Waals surface area contributed by atoms with Gasteiger partial charge < -0.3 is 10.2 Å². The summed E-state index contributed by atoms with van der Waals surface area (Å²) in [4.78, 5) is 14.1. The van der Waals surface area contributed by atoms with E-state index in [9.17, 15) is 4.79 Å². The first-order valence-electron chi connectivity index (χ1n) is 6.71. The first-order valence-corrected chi connectivity index (χ1v) is 6.71. The molecule has 0 radical (unpaired) electrons. The van der Waals surface area contributed by atoms with Crippen LogP contribution in [0.25, 0.3) is 0 Å². The quantitative estimate of drug-likeness (QED) is 0.822. The van der Waals surface area contributed by atoms with Gasteiger partial charge in [-0.2, -0.15) is 0 Å². The average molecular weight is 244 g/mol. The minimum absolute atomic E-state index is 0.0498. The molecule has 1 saturated heterocycles. The number of benzene rings is 1. The van der Waals surface area contributed by atoms with Crippen LogP contribution >= 0.6 is 0 Å². The van der Waals surface area contributed by atoms with Crippen LogP contribution in [-0.4, -0.2) is 18.1 Å². The lowest BCUT2D eigenvalue weighted by Gasteiger charge is -2.44. The molecule has 0 aliphatic carbocycles. The molecule has 3 heteroatoms. The zero-order chi connectivity index (χ0) is 13.0. The number of anilines is 1.